The second kappa shape index (κ2) is 7.71. The molecule has 0 saturated heterocycles. The van der Waals surface area contributed by atoms with Crippen LogP contribution in [0.1, 0.15) is 33.6 Å². The Balaban J connectivity index is 1.33. The van der Waals surface area contributed by atoms with Gasteiger partial charge in [-0.3, -0.25) is 19.3 Å². The number of fused-ring (bicyclic) bond motifs is 1. The fourth-order valence-electron chi connectivity index (χ4n) is 3.44. The zero-order chi connectivity index (χ0) is 20.4. The van der Waals surface area contributed by atoms with E-state index in [4.69, 9.17) is 0 Å². The van der Waals surface area contributed by atoms with Crippen LogP contribution in [0, 0.1) is 0 Å². The van der Waals surface area contributed by atoms with E-state index in [9.17, 15) is 14.4 Å². The number of imidazole rings is 1. The van der Waals surface area contributed by atoms with Gasteiger partial charge in [-0.2, -0.15) is 0 Å². The maximum absolute atomic E-state index is 12.3. The van der Waals surface area contributed by atoms with Crippen molar-refractivity contribution in [2.45, 2.75) is 12.8 Å². The van der Waals surface area contributed by atoms with Crippen LogP contribution in [0.4, 0.5) is 5.69 Å². The van der Waals surface area contributed by atoms with Crippen molar-refractivity contribution < 1.29 is 14.4 Å². The van der Waals surface area contributed by atoms with Gasteiger partial charge in [0.1, 0.15) is 5.82 Å². The van der Waals surface area contributed by atoms with E-state index in [1.165, 1.54) is 4.90 Å². The zero-order valence-electron chi connectivity index (χ0n) is 16.0. The quantitative estimate of drug-likeness (QED) is 0.658. The van der Waals surface area contributed by atoms with Crippen LogP contribution in [0.15, 0.2) is 60.9 Å². The third-order valence-corrected chi connectivity index (χ3v) is 4.89. The number of aryl methyl sites for hydroxylation is 1. The van der Waals surface area contributed by atoms with E-state index in [2.05, 4.69) is 10.3 Å². The van der Waals surface area contributed by atoms with E-state index < -0.39 is 0 Å². The maximum Gasteiger partial charge on any atom is 0.261 e. The van der Waals surface area contributed by atoms with Crippen LogP contribution in [-0.2, 0) is 11.8 Å². The lowest BCUT2D eigenvalue weighted by Gasteiger charge is -2.13. The molecule has 0 fully saturated rings. The van der Waals surface area contributed by atoms with E-state index in [0.29, 0.717) is 23.2 Å². The van der Waals surface area contributed by atoms with Crippen LogP contribution in [0.3, 0.4) is 0 Å². The lowest BCUT2D eigenvalue weighted by Crippen LogP contribution is -2.31. The molecule has 0 spiro atoms. The first-order valence-corrected chi connectivity index (χ1v) is 9.37. The van der Waals surface area contributed by atoms with E-state index in [-0.39, 0.29) is 30.7 Å². The van der Waals surface area contributed by atoms with Gasteiger partial charge in [0.15, 0.2) is 0 Å². The summed E-state index contributed by atoms with van der Waals surface area (Å²) in [5.41, 5.74) is 2.43. The molecule has 29 heavy (non-hydrogen) atoms. The lowest BCUT2D eigenvalue weighted by atomic mass is 10.1. The molecule has 3 aromatic rings. The van der Waals surface area contributed by atoms with Crippen LogP contribution in [0.2, 0.25) is 0 Å². The van der Waals surface area contributed by atoms with Gasteiger partial charge in [0.2, 0.25) is 5.91 Å². The number of anilines is 1. The summed E-state index contributed by atoms with van der Waals surface area (Å²) < 4.78 is 1.91. The molecule has 1 aliphatic rings. The van der Waals surface area contributed by atoms with Crippen molar-refractivity contribution in [1.29, 1.82) is 0 Å². The van der Waals surface area contributed by atoms with Gasteiger partial charge >= 0.3 is 0 Å². The van der Waals surface area contributed by atoms with Gasteiger partial charge in [0.05, 0.1) is 11.1 Å². The van der Waals surface area contributed by atoms with Crippen LogP contribution in [-0.4, -0.2) is 38.7 Å². The highest BCUT2D eigenvalue weighted by atomic mass is 16.2. The Morgan fingerprint density at radius 2 is 1.76 bits per heavy atom. The molecule has 2 heterocycles. The number of amides is 3. The molecule has 7 nitrogen and oxygen atoms in total. The first-order chi connectivity index (χ1) is 14.0. The molecule has 0 bridgehead atoms. The third kappa shape index (κ3) is 3.67. The Morgan fingerprint density at radius 3 is 2.41 bits per heavy atom. The first kappa shape index (κ1) is 18.6. The van der Waals surface area contributed by atoms with Gasteiger partial charge in [0, 0.05) is 43.7 Å². The smallest absolute Gasteiger partial charge is 0.261 e. The molecule has 0 saturated carbocycles. The highest BCUT2D eigenvalue weighted by Gasteiger charge is 2.34. The summed E-state index contributed by atoms with van der Waals surface area (Å²) in [5.74, 6) is 0.0490. The van der Waals surface area contributed by atoms with Gasteiger partial charge in [0.25, 0.3) is 11.8 Å². The first-order valence-electron chi connectivity index (χ1n) is 9.37. The van der Waals surface area contributed by atoms with Crippen LogP contribution < -0.4 is 5.32 Å². The van der Waals surface area contributed by atoms with Gasteiger partial charge in [-0.05, 0) is 30.7 Å². The molecule has 4 rings (SSSR count). The summed E-state index contributed by atoms with van der Waals surface area (Å²) in [6.07, 6.45) is 4.19. The normalized spacial score (nSPS) is 12.9. The minimum atomic E-state index is -0.297. The van der Waals surface area contributed by atoms with Crippen molar-refractivity contribution in [3.05, 3.63) is 72.1 Å². The van der Waals surface area contributed by atoms with Gasteiger partial charge < -0.3 is 9.88 Å². The summed E-state index contributed by atoms with van der Waals surface area (Å²) in [7, 11) is 1.91. The Kier molecular flexibility index (Phi) is 4.95. The monoisotopic (exact) mass is 388 g/mol. The zero-order valence-corrected chi connectivity index (χ0v) is 16.0. The van der Waals surface area contributed by atoms with Crippen LogP contribution >= 0.6 is 0 Å². The molecule has 1 N–H and O–H groups in total. The molecular formula is C22H20N4O3. The Morgan fingerprint density at radius 1 is 1.03 bits per heavy atom. The third-order valence-electron chi connectivity index (χ3n) is 4.89. The van der Waals surface area contributed by atoms with E-state index in [1.54, 1.807) is 30.5 Å². The van der Waals surface area contributed by atoms with E-state index in [0.717, 1.165) is 11.4 Å². The summed E-state index contributed by atoms with van der Waals surface area (Å²) in [6, 6.07) is 14.2. The molecule has 1 aromatic heterocycles. The summed E-state index contributed by atoms with van der Waals surface area (Å²) >= 11 is 0. The molecule has 0 unspecified atom stereocenters. The van der Waals surface area contributed by atoms with Gasteiger partial charge in [-0.25, -0.2) is 4.98 Å². The second-order valence-electron chi connectivity index (χ2n) is 6.90. The number of carbonyl (C=O) groups is 3. The molecule has 0 aliphatic carbocycles. The predicted molar refractivity (Wildman–Crippen MR) is 108 cm³/mol. The molecule has 0 radical (unpaired) electrons. The number of hydrogen-bond acceptors (Lipinski definition) is 4. The number of nitrogens with one attached hydrogen (secondary N) is 1. The summed E-state index contributed by atoms with van der Waals surface area (Å²) in [6.45, 7) is 0.215. The number of hydrogen-bond donors (Lipinski definition) is 1. The molecule has 0 atom stereocenters. The van der Waals surface area contributed by atoms with Gasteiger partial charge in [-0.1, -0.05) is 24.3 Å². The number of nitrogens with zero attached hydrogens (tertiary/aromatic N) is 3. The van der Waals surface area contributed by atoms with Crippen molar-refractivity contribution in [3.8, 4) is 11.4 Å². The number of rotatable bonds is 6. The molecule has 146 valence electrons. The average molecular weight is 388 g/mol. The fourth-order valence-corrected chi connectivity index (χ4v) is 3.44. The SMILES string of the molecule is Cn1ccnc1-c1cccc(NC(=O)CCCN2C(=O)c3ccccc3C2=O)c1. The van der Waals surface area contributed by atoms with Crippen LogP contribution in [0.5, 0.6) is 0 Å². The minimum absolute atomic E-state index is 0.168. The van der Waals surface area contributed by atoms with Crippen molar-refractivity contribution >= 4 is 23.4 Å². The highest BCUT2D eigenvalue weighted by molar-refractivity contribution is 6.21. The lowest BCUT2D eigenvalue weighted by molar-refractivity contribution is -0.116. The highest BCUT2D eigenvalue weighted by Crippen LogP contribution is 2.23. The fraction of sp³-hybridized carbons (Fsp3) is 0.182. The topological polar surface area (TPSA) is 84.3 Å². The van der Waals surface area contributed by atoms with Crippen molar-refractivity contribution in [2.75, 3.05) is 11.9 Å². The Bertz CT molecular complexity index is 1070. The largest absolute Gasteiger partial charge is 0.334 e. The number of benzene rings is 2. The Labute approximate surface area is 168 Å². The van der Waals surface area contributed by atoms with Crippen molar-refractivity contribution in [3.63, 3.8) is 0 Å². The number of aromatic nitrogens is 2. The average Bonchev–Trinajstić information content (AvgIpc) is 3.25. The summed E-state index contributed by atoms with van der Waals surface area (Å²) in [5, 5.41) is 2.86. The molecule has 3 amide bonds. The molecule has 7 heteroatoms. The maximum atomic E-state index is 12.3. The second-order valence-corrected chi connectivity index (χ2v) is 6.90. The van der Waals surface area contributed by atoms with Crippen molar-refractivity contribution in [1.82, 2.24) is 14.5 Å². The van der Waals surface area contributed by atoms with E-state index >= 15 is 0 Å². The predicted octanol–water partition coefficient (Wildman–Crippen LogP) is 3.10. The Hall–Kier alpha value is -3.74. The minimum Gasteiger partial charge on any atom is -0.334 e. The number of carbonyl (C=O) groups excluding carboxylic acids is 3. The molecule has 2 aromatic carbocycles. The van der Waals surface area contributed by atoms with Gasteiger partial charge in [-0.15, -0.1) is 0 Å². The number of imide groups is 1. The summed E-state index contributed by atoms with van der Waals surface area (Å²) in [4.78, 5) is 42.5. The van der Waals surface area contributed by atoms with Crippen LogP contribution in [0.25, 0.3) is 11.4 Å². The standard InChI is InChI=1S/C22H20N4O3/c1-25-13-11-23-20(25)15-6-4-7-16(14-15)24-19(27)10-5-12-26-21(28)17-8-2-3-9-18(17)22(26)29/h2-4,6-9,11,13-14H,5,10,12H2,1H3,(H,24,27). The molecular weight excluding hydrogens is 368 g/mol. The van der Waals surface area contributed by atoms with E-state index in [1.807, 2.05) is 42.1 Å². The molecule has 1 aliphatic heterocycles. The van der Waals surface area contributed by atoms with Crippen molar-refractivity contribution in [2.24, 2.45) is 7.05 Å².